The van der Waals surface area contributed by atoms with Gasteiger partial charge in [0, 0.05) is 18.8 Å². The van der Waals surface area contributed by atoms with Crippen LogP contribution in [0.25, 0.3) is 0 Å². The van der Waals surface area contributed by atoms with Gasteiger partial charge in [-0.2, -0.15) is 0 Å². The highest BCUT2D eigenvalue weighted by Crippen LogP contribution is 2.34. The fraction of sp³-hybridized carbons (Fsp3) is 0.474. The van der Waals surface area contributed by atoms with Crippen molar-refractivity contribution in [1.29, 1.82) is 0 Å². The van der Waals surface area contributed by atoms with E-state index in [-0.39, 0.29) is 24.6 Å². The summed E-state index contributed by atoms with van der Waals surface area (Å²) in [6, 6.07) is 5.57. The number of methoxy groups -OCH3 is 2. The Morgan fingerprint density at radius 1 is 1.07 bits per heavy atom. The van der Waals surface area contributed by atoms with Crippen LogP contribution in [-0.2, 0) is 23.8 Å². The first-order valence-electron chi connectivity index (χ1n) is 8.86. The van der Waals surface area contributed by atoms with Crippen molar-refractivity contribution in [2.75, 3.05) is 50.4 Å². The highest BCUT2D eigenvalue weighted by Gasteiger charge is 2.32. The molecular formula is C19H23ClN2O5. The lowest BCUT2D eigenvalue weighted by Gasteiger charge is -2.33. The van der Waals surface area contributed by atoms with E-state index in [1.807, 2.05) is 12.1 Å². The summed E-state index contributed by atoms with van der Waals surface area (Å²) in [5.41, 5.74) is 1.83. The van der Waals surface area contributed by atoms with Crippen molar-refractivity contribution in [3.05, 3.63) is 34.5 Å². The molecule has 1 saturated heterocycles. The van der Waals surface area contributed by atoms with Crippen LogP contribution in [0, 0.1) is 0 Å². The summed E-state index contributed by atoms with van der Waals surface area (Å²) in [6.45, 7) is 2.04. The van der Waals surface area contributed by atoms with Gasteiger partial charge in [-0.3, -0.25) is 0 Å². The van der Waals surface area contributed by atoms with Crippen molar-refractivity contribution in [3.63, 3.8) is 0 Å². The van der Waals surface area contributed by atoms with E-state index in [2.05, 4.69) is 4.90 Å². The van der Waals surface area contributed by atoms with Gasteiger partial charge < -0.3 is 24.0 Å². The molecule has 7 nitrogen and oxygen atoms in total. The van der Waals surface area contributed by atoms with Crippen LogP contribution in [0.2, 0.25) is 5.02 Å². The number of hydrogen-bond donors (Lipinski definition) is 0. The van der Waals surface area contributed by atoms with E-state index in [1.165, 1.54) is 20.6 Å². The van der Waals surface area contributed by atoms with Gasteiger partial charge in [0.25, 0.3) is 0 Å². The maximum Gasteiger partial charge on any atom is 0.355 e. The van der Waals surface area contributed by atoms with Crippen LogP contribution in [-0.4, -0.2) is 52.6 Å². The van der Waals surface area contributed by atoms with Crippen LogP contribution < -0.4 is 9.80 Å². The van der Waals surface area contributed by atoms with E-state index < -0.39 is 11.9 Å². The standard InChI is InChI=1S/C19H23ClN2O5/c1-25-18(23)14-11-27-12-22(17(14)19(24)26-2)13-6-7-16(15(20)10-13)21-8-4-3-5-9-21/h6-7,10H,3-5,8-9,11-12H2,1-2H3. The smallest absolute Gasteiger partial charge is 0.355 e. The number of carbonyl (C=O) groups excluding carboxylic acids is 2. The summed E-state index contributed by atoms with van der Waals surface area (Å²) in [5, 5.41) is 0.587. The minimum absolute atomic E-state index is 0.0206. The van der Waals surface area contributed by atoms with Crippen molar-refractivity contribution in [2.24, 2.45) is 0 Å². The molecule has 8 heteroatoms. The van der Waals surface area contributed by atoms with Crippen LogP contribution in [0.3, 0.4) is 0 Å². The molecule has 0 saturated carbocycles. The molecule has 2 aliphatic rings. The first-order chi connectivity index (χ1) is 13.1. The molecule has 3 rings (SSSR count). The van der Waals surface area contributed by atoms with Gasteiger partial charge in [-0.1, -0.05) is 11.6 Å². The van der Waals surface area contributed by atoms with E-state index in [4.69, 9.17) is 25.8 Å². The molecule has 0 aromatic heterocycles. The largest absolute Gasteiger partial charge is 0.466 e. The predicted molar refractivity (Wildman–Crippen MR) is 102 cm³/mol. The molecule has 0 atom stereocenters. The average Bonchev–Trinajstić information content (AvgIpc) is 2.72. The zero-order chi connectivity index (χ0) is 19.4. The number of rotatable bonds is 4. The minimum atomic E-state index is -0.630. The molecule has 0 N–H and O–H groups in total. The highest BCUT2D eigenvalue weighted by molar-refractivity contribution is 6.33. The number of piperidine rings is 1. The molecule has 0 spiro atoms. The summed E-state index contributed by atoms with van der Waals surface area (Å²) in [7, 11) is 2.53. The number of carbonyl (C=O) groups is 2. The van der Waals surface area contributed by atoms with Gasteiger partial charge in [0.15, 0.2) is 0 Å². The molecular weight excluding hydrogens is 372 g/mol. The summed E-state index contributed by atoms with van der Waals surface area (Å²) < 4.78 is 15.1. The highest BCUT2D eigenvalue weighted by atomic mass is 35.5. The van der Waals surface area contributed by atoms with Gasteiger partial charge in [0.05, 0.1) is 37.1 Å². The summed E-state index contributed by atoms with van der Waals surface area (Å²) in [4.78, 5) is 28.3. The number of halogens is 1. The number of nitrogens with zero attached hydrogens (tertiary/aromatic N) is 2. The van der Waals surface area contributed by atoms with Crippen LogP contribution in [0.4, 0.5) is 11.4 Å². The lowest BCUT2D eigenvalue weighted by molar-refractivity contribution is -0.140. The topological polar surface area (TPSA) is 68.3 Å². The van der Waals surface area contributed by atoms with Gasteiger partial charge >= 0.3 is 11.9 Å². The van der Waals surface area contributed by atoms with Crippen molar-refractivity contribution in [3.8, 4) is 0 Å². The van der Waals surface area contributed by atoms with Gasteiger partial charge in [0.1, 0.15) is 12.4 Å². The Hall–Kier alpha value is -2.25. The van der Waals surface area contributed by atoms with E-state index >= 15 is 0 Å². The van der Waals surface area contributed by atoms with Gasteiger partial charge in [-0.05, 0) is 37.5 Å². The number of ether oxygens (including phenoxy) is 3. The van der Waals surface area contributed by atoms with Crippen LogP contribution in [0.5, 0.6) is 0 Å². The SMILES string of the molecule is COC(=O)C1=C(C(=O)OC)N(c2ccc(N3CCCCC3)c(Cl)c2)COC1. The average molecular weight is 395 g/mol. The van der Waals surface area contributed by atoms with Crippen LogP contribution in [0.15, 0.2) is 29.5 Å². The van der Waals surface area contributed by atoms with E-state index in [0.29, 0.717) is 10.7 Å². The molecule has 1 aromatic carbocycles. The molecule has 27 heavy (non-hydrogen) atoms. The van der Waals surface area contributed by atoms with Crippen molar-refractivity contribution < 1.29 is 23.8 Å². The Morgan fingerprint density at radius 3 is 2.41 bits per heavy atom. The van der Waals surface area contributed by atoms with E-state index in [9.17, 15) is 9.59 Å². The van der Waals surface area contributed by atoms with Gasteiger partial charge in [0.2, 0.25) is 0 Å². The van der Waals surface area contributed by atoms with Crippen molar-refractivity contribution >= 4 is 34.9 Å². The molecule has 146 valence electrons. The lowest BCUT2D eigenvalue weighted by Crippen LogP contribution is -2.38. The minimum Gasteiger partial charge on any atom is -0.466 e. The van der Waals surface area contributed by atoms with E-state index in [0.717, 1.165) is 31.6 Å². The summed E-state index contributed by atoms with van der Waals surface area (Å²) in [6.07, 6.45) is 3.53. The Morgan fingerprint density at radius 2 is 1.78 bits per heavy atom. The van der Waals surface area contributed by atoms with Gasteiger partial charge in [-0.25, -0.2) is 9.59 Å². The number of esters is 2. The maximum absolute atomic E-state index is 12.4. The molecule has 0 bridgehead atoms. The molecule has 0 aliphatic carbocycles. The van der Waals surface area contributed by atoms with Crippen molar-refractivity contribution in [2.45, 2.75) is 19.3 Å². The van der Waals surface area contributed by atoms with Crippen LogP contribution in [0.1, 0.15) is 19.3 Å². The van der Waals surface area contributed by atoms with E-state index in [1.54, 1.807) is 11.0 Å². The molecule has 0 amide bonds. The lowest BCUT2D eigenvalue weighted by atomic mass is 10.1. The third-order valence-corrected chi connectivity index (χ3v) is 5.08. The number of benzene rings is 1. The Bertz CT molecular complexity index is 758. The second-order valence-corrected chi connectivity index (χ2v) is 6.81. The molecule has 0 radical (unpaired) electrons. The normalized spacial score (nSPS) is 17.7. The quantitative estimate of drug-likeness (QED) is 0.727. The Labute approximate surface area is 163 Å². The predicted octanol–water partition coefficient (Wildman–Crippen LogP) is 2.72. The third-order valence-electron chi connectivity index (χ3n) is 4.77. The molecule has 2 heterocycles. The first-order valence-corrected chi connectivity index (χ1v) is 9.24. The fourth-order valence-corrected chi connectivity index (χ4v) is 3.70. The zero-order valence-corrected chi connectivity index (χ0v) is 16.3. The Balaban J connectivity index is 1.97. The molecule has 2 aliphatic heterocycles. The maximum atomic E-state index is 12.4. The molecule has 1 fully saturated rings. The third kappa shape index (κ3) is 4.04. The number of hydrogen-bond acceptors (Lipinski definition) is 7. The first kappa shape index (κ1) is 19.5. The van der Waals surface area contributed by atoms with Crippen molar-refractivity contribution in [1.82, 2.24) is 0 Å². The molecule has 1 aromatic rings. The molecule has 0 unspecified atom stereocenters. The second kappa shape index (κ2) is 8.63. The Kier molecular flexibility index (Phi) is 6.23. The van der Waals surface area contributed by atoms with Crippen LogP contribution >= 0.6 is 11.6 Å². The fourth-order valence-electron chi connectivity index (χ4n) is 3.40. The van der Waals surface area contributed by atoms with Gasteiger partial charge in [-0.15, -0.1) is 0 Å². The monoisotopic (exact) mass is 394 g/mol. The summed E-state index contributed by atoms with van der Waals surface area (Å²) >= 11 is 6.54. The zero-order valence-electron chi connectivity index (χ0n) is 15.5. The number of anilines is 2. The summed E-state index contributed by atoms with van der Waals surface area (Å²) in [5.74, 6) is -1.26. The second-order valence-electron chi connectivity index (χ2n) is 6.40.